The molecule has 0 aliphatic carbocycles. The largest absolute Gasteiger partial charge is 0.416 e. The first-order valence-electron chi connectivity index (χ1n) is 8.29. The number of pyridine rings is 1. The quantitative estimate of drug-likeness (QED) is 0.849. The third-order valence-corrected chi connectivity index (χ3v) is 4.06. The summed E-state index contributed by atoms with van der Waals surface area (Å²) in [7, 11) is 1.34. The number of aromatic nitrogens is 1. The van der Waals surface area contributed by atoms with Crippen LogP contribution in [-0.2, 0) is 11.0 Å². The van der Waals surface area contributed by atoms with Gasteiger partial charge in [-0.3, -0.25) is 15.1 Å². The first-order valence-corrected chi connectivity index (χ1v) is 8.29. The number of nitrogens with one attached hydrogen (secondary N) is 2. The number of carbonyl (C=O) groups excluding carboxylic acids is 2. The molecule has 0 aliphatic rings. The van der Waals surface area contributed by atoms with Crippen molar-refractivity contribution < 1.29 is 22.8 Å². The number of carbonyl (C=O) groups is 2. The molecule has 1 aromatic heterocycles. The highest BCUT2D eigenvalue weighted by Crippen LogP contribution is 2.34. The number of halogens is 3. The summed E-state index contributed by atoms with van der Waals surface area (Å²) in [5.74, 6) is -1.90. The van der Waals surface area contributed by atoms with Crippen LogP contribution in [0.25, 0.3) is 0 Å². The lowest BCUT2D eigenvalue weighted by atomic mass is 9.86. The van der Waals surface area contributed by atoms with E-state index in [4.69, 9.17) is 0 Å². The molecule has 1 unspecified atom stereocenters. The van der Waals surface area contributed by atoms with E-state index in [1.54, 1.807) is 24.3 Å². The molecule has 3 amide bonds. The molecule has 2 N–H and O–H groups in total. The van der Waals surface area contributed by atoms with Crippen LogP contribution in [0.5, 0.6) is 0 Å². The summed E-state index contributed by atoms with van der Waals surface area (Å²) in [5, 5.41) is 4.40. The van der Waals surface area contributed by atoms with Crippen LogP contribution < -0.4 is 10.6 Å². The smallest absolute Gasteiger partial charge is 0.341 e. The zero-order chi connectivity index (χ0) is 20.2. The summed E-state index contributed by atoms with van der Waals surface area (Å²) in [6, 6.07) is 7.86. The molecule has 0 radical (unpaired) electrons. The highest BCUT2D eigenvalue weighted by molar-refractivity contribution is 5.99. The van der Waals surface area contributed by atoms with Gasteiger partial charge in [-0.15, -0.1) is 0 Å². The Bertz CT molecular complexity index is 835. The van der Waals surface area contributed by atoms with Gasteiger partial charge in [-0.1, -0.05) is 38.1 Å². The van der Waals surface area contributed by atoms with Crippen LogP contribution in [-0.4, -0.2) is 24.0 Å². The zero-order valence-electron chi connectivity index (χ0n) is 15.1. The molecular formula is C19H20F3N3O2. The molecular weight excluding hydrogens is 359 g/mol. The molecule has 2 rings (SSSR count). The Balaban J connectivity index is 2.62. The Labute approximate surface area is 155 Å². The van der Waals surface area contributed by atoms with Crippen molar-refractivity contribution in [2.24, 2.45) is 0 Å². The number of imide groups is 1. The predicted octanol–water partition coefficient (Wildman–Crippen LogP) is 3.81. The monoisotopic (exact) mass is 379 g/mol. The summed E-state index contributed by atoms with van der Waals surface area (Å²) in [5.41, 5.74) is 0.293. The van der Waals surface area contributed by atoms with Gasteiger partial charge in [0.1, 0.15) is 5.92 Å². The fourth-order valence-electron chi connectivity index (χ4n) is 2.76. The van der Waals surface area contributed by atoms with E-state index in [1.165, 1.54) is 7.05 Å². The first-order chi connectivity index (χ1) is 12.6. The number of amides is 3. The molecule has 5 nitrogen and oxygen atoms in total. The number of hydrogen-bond donors (Lipinski definition) is 2. The van der Waals surface area contributed by atoms with Gasteiger partial charge in [0, 0.05) is 13.2 Å². The van der Waals surface area contributed by atoms with Crippen molar-refractivity contribution in [1.29, 1.82) is 0 Å². The molecule has 1 atom stereocenters. The third kappa shape index (κ3) is 4.84. The van der Waals surface area contributed by atoms with Crippen LogP contribution in [0.4, 0.5) is 18.0 Å². The molecule has 0 fully saturated rings. The Hall–Kier alpha value is -2.90. The normalized spacial score (nSPS) is 12.6. The number of rotatable bonds is 4. The maximum absolute atomic E-state index is 13.1. The minimum atomic E-state index is -4.57. The lowest BCUT2D eigenvalue weighted by Gasteiger charge is -2.22. The minimum absolute atomic E-state index is 0.0160. The summed E-state index contributed by atoms with van der Waals surface area (Å²) >= 11 is 0. The number of benzene rings is 1. The van der Waals surface area contributed by atoms with Gasteiger partial charge in [0.2, 0.25) is 5.91 Å². The lowest BCUT2D eigenvalue weighted by molar-refractivity contribution is -0.137. The molecule has 27 heavy (non-hydrogen) atoms. The molecule has 1 heterocycles. The molecule has 0 saturated heterocycles. The van der Waals surface area contributed by atoms with E-state index < -0.39 is 29.6 Å². The highest BCUT2D eigenvalue weighted by Gasteiger charge is 2.34. The third-order valence-electron chi connectivity index (χ3n) is 4.06. The maximum Gasteiger partial charge on any atom is 0.416 e. The van der Waals surface area contributed by atoms with Gasteiger partial charge < -0.3 is 5.32 Å². The van der Waals surface area contributed by atoms with Gasteiger partial charge in [-0.25, -0.2) is 4.79 Å². The second-order valence-electron chi connectivity index (χ2n) is 6.25. The minimum Gasteiger partial charge on any atom is -0.341 e. The number of urea groups is 1. The Morgan fingerprint density at radius 1 is 1.07 bits per heavy atom. The predicted molar refractivity (Wildman–Crippen MR) is 94.2 cm³/mol. The van der Waals surface area contributed by atoms with E-state index in [0.29, 0.717) is 5.56 Å². The van der Waals surface area contributed by atoms with Crippen molar-refractivity contribution >= 4 is 11.9 Å². The molecule has 0 bridgehead atoms. The van der Waals surface area contributed by atoms with Crippen LogP contribution >= 0.6 is 0 Å². The van der Waals surface area contributed by atoms with Crippen molar-refractivity contribution in [1.82, 2.24) is 15.6 Å². The van der Waals surface area contributed by atoms with Crippen LogP contribution in [0.1, 0.15) is 48.1 Å². The van der Waals surface area contributed by atoms with Crippen molar-refractivity contribution in [2.75, 3.05) is 7.05 Å². The average molecular weight is 379 g/mol. The van der Waals surface area contributed by atoms with Crippen molar-refractivity contribution in [3.63, 3.8) is 0 Å². The van der Waals surface area contributed by atoms with Crippen LogP contribution in [0.2, 0.25) is 0 Å². The maximum atomic E-state index is 13.1. The molecule has 8 heteroatoms. The van der Waals surface area contributed by atoms with Gasteiger partial charge in [0.05, 0.1) is 11.3 Å². The fourth-order valence-corrected chi connectivity index (χ4v) is 2.76. The summed E-state index contributed by atoms with van der Waals surface area (Å²) in [4.78, 5) is 28.3. The SMILES string of the molecule is CNC(=O)NC(=O)C(c1cc(C(F)(F)F)ccn1)c1ccccc1C(C)C. The molecule has 2 aromatic rings. The molecule has 0 aliphatic heterocycles. The van der Waals surface area contributed by atoms with Gasteiger partial charge >= 0.3 is 12.2 Å². The second-order valence-corrected chi connectivity index (χ2v) is 6.25. The topological polar surface area (TPSA) is 71.1 Å². The van der Waals surface area contributed by atoms with Crippen molar-refractivity contribution in [2.45, 2.75) is 31.9 Å². The summed E-state index contributed by atoms with van der Waals surface area (Å²) < 4.78 is 39.3. The standard InChI is InChI=1S/C19H20F3N3O2/c1-11(2)13-6-4-5-7-14(13)16(17(26)25-18(27)23-3)15-10-12(8-9-24-15)19(20,21)22/h4-11,16H,1-3H3,(H2,23,25,26,27). The molecule has 0 saturated carbocycles. The average Bonchev–Trinajstić information content (AvgIpc) is 2.61. The first kappa shape index (κ1) is 20.4. The lowest BCUT2D eigenvalue weighted by Crippen LogP contribution is -2.40. The van der Waals surface area contributed by atoms with E-state index in [0.717, 1.165) is 23.9 Å². The van der Waals surface area contributed by atoms with Gasteiger partial charge in [-0.05, 0) is 29.2 Å². The van der Waals surface area contributed by atoms with Crippen LogP contribution in [0.15, 0.2) is 42.6 Å². The Morgan fingerprint density at radius 3 is 2.26 bits per heavy atom. The van der Waals surface area contributed by atoms with E-state index in [2.05, 4.69) is 15.6 Å². The van der Waals surface area contributed by atoms with Crippen molar-refractivity contribution in [3.05, 3.63) is 65.0 Å². The van der Waals surface area contributed by atoms with E-state index >= 15 is 0 Å². The molecule has 144 valence electrons. The van der Waals surface area contributed by atoms with E-state index in [9.17, 15) is 22.8 Å². The van der Waals surface area contributed by atoms with Gasteiger partial charge in [0.15, 0.2) is 0 Å². The van der Waals surface area contributed by atoms with E-state index in [1.807, 2.05) is 13.8 Å². The number of alkyl halides is 3. The fraction of sp³-hybridized carbons (Fsp3) is 0.316. The number of nitrogens with zero attached hydrogens (tertiary/aromatic N) is 1. The Morgan fingerprint density at radius 2 is 1.70 bits per heavy atom. The molecule has 1 aromatic carbocycles. The molecule has 0 spiro atoms. The summed E-state index contributed by atoms with van der Waals surface area (Å²) in [6.07, 6.45) is -3.56. The van der Waals surface area contributed by atoms with Crippen LogP contribution in [0, 0.1) is 0 Å². The second kappa shape index (κ2) is 8.20. The zero-order valence-corrected chi connectivity index (χ0v) is 15.1. The Kier molecular flexibility index (Phi) is 6.20. The number of hydrogen-bond acceptors (Lipinski definition) is 3. The van der Waals surface area contributed by atoms with Gasteiger partial charge in [-0.2, -0.15) is 13.2 Å². The van der Waals surface area contributed by atoms with Crippen molar-refractivity contribution in [3.8, 4) is 0 Å². The van der Waals surface area contributed by atoms with Crippen LogP contribution in [0.3, 0.4) is 0 Å². The highest BCUT2D eigenvalue weighted by atomic mass is 19.4. The van der Waals surface area contributed by atoms with E-state index in [-0.39, 0.29) is 11.6 Å². The summed E-state index contributed by atoms with van der Waals surface area (Å²) in [6.45, 7) is 3.82. The van der Waals surface area contributed by atoms with Gasteiger partial charge in [0.25, 0.3) is 0 Å².